The van der Waals surface area contributed by atoms with Gasteiger partial charge in [0.25, 0.3) is 0 Å². The maximum absolute atomic E-state index is 9.25. The number of nitrogens with zero attached hydrogens (tertiary/aromatic N) is 2. The highest BCUT2D eigenvalue weighted by molar-refractivity contribution is 4.62. The van der Waals surface area contributed by atoms with E-state index in [0.717, 1.165) is 6.54 Å². The van der Waals surface area contributed by atoms with E-state index in [4.69, 9.17) is 19.7 Å². The first-order valence-electron chi connectivity index (χ1n) is 6.56. The molecule has 3 N–H and O–H groups in total. The van der Waals surface area contributed by atoms with Crippen LogP contribution < -0.4 is 0 Å². The molecule has 116 valence electrons. The topological polar surface area (TPSA) is 85.6 Å². The zero-order chi connectivity index (χ0) is 14.5. The number of aliphatic hydroxyl groups excluding tert-OH is 3. The Balaban J connectivity index is 3.77. The van der Waals surface area contributed by atoms with Gasteiger partial charge in [-0.3, -0.25) is 4.90 Å². The summed E-state index contributed by atoms with van der Waals surface area (Å²) in [6.45, 7) is 2.75. The molecule has 0 rings (SSSR count). The predicted molar refractivity (Wildman–Crippen MR) is 71.9 cm³/mol. The van der Waals surface area contributed by atoms with Crippen LogP contribution in [0, 0.1) is 0 Å². The van der Waals surface area contributed by atoms with Gasteiger partial charge in [0.15, 0.2) is 0 Å². The lowest BCUT2D eigenvalue weighted by molar-refractivity contribution is -0.106. The summed E-state index contributed by atoms with van der Waals surface area (Å²) in [4.78, 5) is 3.72. The molecule has 0 fully saturated rings. The largest absolute Gasteiger partial charge is 0.395 e. The Morgan fingerprint density at radius 2 is 1.53 bits per heavy atom. The van der Waals surface area contributed by atoms with Crippen molar-refractivity contribution in [2.75, 3.05) is 73.4 Å². The first-order valence-corrected chi connectivity index (χ1v) is 6.56. The summed E-state index contributed by atoms with van der Waals surface area (Å²) in [6.07, 6.45) is -0.517. The van der Waals surface area contributed by atoms with Crippen molar-refractivity contribution >= 4 is 0 Å². The third kappa shape index (κ3) is 10.2. The molecule has 0 aliphatic rings. The molecule has 0 aliphatic carbocycles. The quantitative estimate of drug-likeness (QED) is 0.271. The maximum atomic E-state index is 9.25. The fraction of sp³-hybridized carbons (Fsp3) is 1.00. The molecular weight excluding hydrogens is 252 g/mol. The van der Waals surface area contributed by atoms with Crippen LogP contribution in [0.25, 0.3) is 0 Å². The van der Waals surface area contributed by atoms with Crippen LogP contribution in [0.1, 0.15) is 0 Å². The third-order valence-corrected chi connectivity index (χ3v) is 2.56. The minimum Gasteiger partial charge on any atom is -0.395 e. The molecule has 0 heterocycles. The molecule has 0 saturated carbocycles. The van der Waals surface area contributed by atoms with Gasteiger partial charge >= 0.3 is 0 Å². The van der Waals surface area contributed by atoms with Crippen molar-refractivity contribution in [3.63, 3.8) is 0 Å². The molecule has 0 spiro atoms. The van der Waals surface area contributed by atoms with Gasteiger partial charge < -0.3 is 29.7 Å². The average Bonchev–Trinajstić information content (AvgIpc) is 2.37. The van der Waals surface area contributed by atoms with E-state index in [1.54, 1.807) is 4.90 Å². The summed E-state index contributed by atoms with van der Waals surface area (Å²) in [6, 6.07) is 0. The van der Waals surface area contributed by atoms with E-state index < -0.39 is 6.23 Å². The smallest absolute Gasteiger partial charge is 0.134 e. The van der Waals surface area contributed by atoms with Crippen molar-refractivity contribution in [3.05, 3.63) is 0 Å². The summed E-state index contributed by atoms with van der Waals surface area (Å²) < 4.78 is 10.9. The number of ether oxygens (including phenoxy) is 2. The highest BCUT2D eigenvalue weighted by Crippen LogP contribution is 2.00. The van der Waals surface area contributed by atoms with Crippen molar-refractivity contribution in [2.45, 2.75) is 6.23 Å². The standard InChI is InChI=1S/C12H28N2O5/c1-13(2)5-8-18-9-10-19-12(11-17)14(3-6-15)4-7-16/h12,15-17H,3-11H2,1-2H3. The fourth-order valence-corrected chi connectivity index (χ4v) is 1.52. The van der Waals surface area contributed by atoms with Gasteiger partial charge in [-0.1, -0.05) is 0 Å². The molecule has 7 heteroatoms. The maximum Gasteiger partial charge on any atom is 0.134 e. The molecular formula is C12H28N2O5. The second-order valence-corrected chi connectivity index (χ2v) is 4.41. The Morgan fingerprint density at radius 3 is 2.00 bits per heavy atom. The van der Waals surface area contributed by atoms with E-state index in [1.165, 1.54) is 0 Å². The van der Waals surface area contributed by atoms with E-state index >= 15 is 0 Å². The van der Waals surface area contributed by atoms with Crippen molar-refractivity contribution in [1.82, 2.24) is 9.80 Å². The van der Waals surface area contributed by atoms with Crippen LogP contribution >= 0.6 is 0 Å². The lowest BCUT2D eigenvalue weighted by Crippen LogP contribution is -2.43. The Kier molecular flexibility index (Phi) is 12.6. The van der Waals surface area contributed by atoms with Crippen molar-refractivity contribution in [3.8, 4) is 0 Å². The van der Waals surface area contributed by atoms with Gasteiger partial charge in [0.1, 0.15) is 6.23 Å². The number of hydrogen-bond acceptors (Lipinski definition) is 7. The molecule has 1 unspecified atom stereocenters. The zero-order valence-electron chi connectivity index (χ0n) is 12.0. The highest BCUT2D eigenvalue weighted by atomic mass is 16.5. The van der Waals surface area contributed by atoms with Gasteiger partial charge in [-0.05, 0) is 14.1 Å². The fourth-order valence-electron chi connectivity index (χ4n) is 1.52. The second kappa shape index (κ2) is 12.7. The summed E-state index contributed by atoms with van der Waals surface area (Å²) in [5.74, 6) is 0. The minimum absolute atomic E-state index is 0.0425. The number of likely N-dealkylation sites (N-methyl/N-ethyl adjacent to an activating group) is 1. The molecule has 0 aliphatic heterocycles. The normalized spacial score (nSPS) is 13.4. The van der Waals surface area contributed by atoms with Crippen LogP contribution in [0.15, 0.2) is 0 Å². The molecule has 0 amide bonds. The molecule has 0 aromatic heterocycles. The Morgan fingerprint density at radius 1 is 0.895 bits per heavy atom. The van der Waals surface area contributed by atoms with Crippen LogP contribution in [0.5, 0.6) is 0 Å². The predicted octanol–water partition coefficient (Wildman–Crippen LogP) is -1.81. The van der Waals surface area contributed by atoms with Crippen molar-refractivity contribution in [2.24, 2.45) is 0 Å². The highest BCUT2D eigenvalue weighted by Gasteiger charge is 2.17. The van der Waals surface area contributed by atoms with Gasteiger partial charge in [-0.2, -0.15) is 0 Å². The monoisotopic (exact) mass is 280 g/mol. The van der Waals surface area contributed by atoms with E-state index in [1.807, 2.05) is 19.0 Å². The van der Waals surface area contributed by atoms with Crippen LogP contribution in [-0.2, 0) is 9.47 Å². The van der Waals surface area contributed by atoms with Crippen molar-refractivity contribution in [1.29, 1.82) is 0 Å². The van der Waals surface area contributed by atoms with Crippen LogP contribution in [0.3, 0.4) is 0 Å². The Labute approximate surface area is 115 Å². The summed E-state index contributed by atoms with van der Waals surface area (Å²) in [5.41, 5.74) is 0. The van der Waals surface area contributed by atoms with E-state index in [2.05, 4.69) is 0 Å². The summed E-state index contributed by atoms with van der Waals surface area (Å²) >= 11 is 0. The van der Waals surface area contributed by atoms with Crippen LogP contribution in [0.2, 0.25) is 0 Å². The van der Waals surface area contributed by atoms with Gasteiger partial charge in [0.05, 0.1) is 39.6 Å². The van der Waals surface area contributed by atoms with E-state index in [0.29, 0.717) is 32.9 Å². The van der Waals surface area contributed by atoms with Crippen LogP contribution in [0.4, 0.5) is 0 Å². The molecule has 0 aromatic carbocycles. The van der Waals surface area contributed by atoms with Gasteiger partial charge in [-0.25, -0.2) is 0 Å². The van der Waals surface area contributed by atoms with Gasteiger partial charge in [0, 0.05) is 19.6 Å². The SMILES string of the molecule is CN(C)CCOCCOC(CO)N(CCO)CCO. The van der Waals surface area contributed by atoms with Crippen LogP contribution in [-0.4, -0.2) is 105 Å². The Hall–Kier alpha value is -0.280. The molecule has 0 saturated heterocycles. The molecule has 0 bridgehead atoms. The Bertz CT molecular complexity index is 189. The number of aliphatic hydroxyl groups is 3. The number of hydrogen-bond donors (Lipinski definition) is 3. The van der Waals surface area contributed by atoms with E-state index in [9.17, 15) is 5.11 Å². The van der Waals surface area contributed by atoms with Crippen molar-refractivity contribution < 1.29 is 24.8 Å². The zero-order valence-corrected chi connectivity index (χ0v) is 12.0. The number of rotatable bonds is 13. The molecule has 0 radical (unpaired) electrons. The summed E-state index contributed by atoms with van der Waals surface area (Å²) in [7, 11) is 3.95. The molecule has 1 atom stereocenters. The lowest BCUT2D eigenvalue weighted by Gasteiger charge is -2.29. The first-order chi connectivity index (χ1) is 9.15. The molecule has 0 aromatic rings. The molecule has 7 nitrogen and oxygen atoms in total. The molecule has 19 heavy (non-hydrogen) atoms. The first kappa shape index (κ1) is 18.7. The second-order valence-electron chi connectivity index (χ2n) is 4.41. The third-order valence-electron chi connectivity index (χ3n) is 2.56. The summed E-state index contributed by atoms with van der Waals surface area (Å²) in [5, 5.41) is 27.1. The average molecular weight is 280 g/mol. The minimum atomic E-state index is -0.517. The van der Waals surface area contributed by atoms with Gasteiger partial charge in [-0.15, -0.1) is 0 Å². The lowest BCUT2D eigenvalue weighted by atomic mass is 10.4. The van der Waals surface area contributed by atoms with E-state index in [-0.39, 0.29) is 19.8 Å². The van der Waals surface area contributed by atoms with Gasteiger partial charge in [0.2, 0.25) is 0 Å².